The number of carbonyl (C=O) groups excluding carboxylic acids is 1. The van der Waals surface area contributed by atoms with E-state index in [1.54, 1.807) is 6.08 Å². The minimum absolute atomic E-state index is 0.297. The van der Waals surface area contributed by atoms with Crippen LogP contribution in [-0.2, 0) is 10.3 Å². The van der Waals surface area contributed by atoms with E-state index < -0.39 is 0 Å². The summed E-state index contributed by atoms with van der Waals surface area (Å²) in [5.41, 5.74) is 0.756. The molecule has 0 amide bonds. The van der Waals surface area contributed by atoms with E-state index in [0.717, 1.165) is 24.2 Å². The van der Waals surface area contributed by atoms with Gasteiger partial charge in [-0.3, -0.25) is 0 Å². The van der Waals surface area contributed by atoms with E-state index >= 15 is 0 Å². The Kier molecular flexibility index (Phi) is 2.57. The lowest BCUT2D eigenvalue weighted by atomic mass is 10.1. The summed E-state index contributed by atoms with van der Waals surface area (Å²) in [7, 11) is 0. The Morgan fingerprint density at radius 1 is 1.53 bits per heavy atom. The monoisotopic (exact) mass is 203 g/mol. The van der Waals surface area contributed by atoms with Gasteiger partial charge in [-0.1, -0.05) is 12.1 Å². The van der Waals surface area contributed by atoms with Gasteiger partial charge in [0.1, 0.15) is 5.75 Å². The smallest absolute Gasteiger partial charge is 0.235 e. The van der Waals surface area contributed by atoms with Crippen molar-refractivity contribution in [3.8, 4) is 5.75 Å². The third kappa shape index (κ3) is 1.92. The zero-order chi connectivity index (χ0) is 10.7. The van der Waals surface area contributed by atoms with Crippen LogP contribution in [0.25, 0.3) is 0 Å². The van der Waals surface area contributed by atoms with Gasteiger partial charge in [0.05, 0.1) is 12.1 Å². The Bertz CT molecular complexity index is 404. The first-order chi connectivity index (χ1) is 7.30. The highest BCUT2D eigenvalue weighted by Gasteiger charge is 2.44. The zero-order valence-electron chi connectivity index (χ0n) is 8.69. The molecule has 1 aliphatic carbocycles. The van der Waals surface area contributed by atoms with Crippen molar-refractivity contribution in [1.82, 2.24) is 0 Å². The molecule has 0 spiro atoms. The average molecular weight is 203 g/mol. The van der Waals surface area contributed by atoms with Crippen molar-refractivity contribution >= 4 is 6.08 Å². The molecule has 1 aromatic carbocycles. The lowest BCUT2D eigenvalue weighted by Gasteiger charge is -2.10. The molecule has 0 aliphatic heterocycles. The van der Waals surface area contributed by atoms with E-state index in [1.807, 2.05) is 31.2 Å². The molecule has 1 aromatic rings. The molecule has 0 heterocycles. The maximum atomic E-state index is 10.3. The molecule has 78 valence electrons. The van der Waals surface area contributed by atoms with Gasteiger partial charge < -0.3 is 4.74 Å². The van der Waals surface area contributed by atoms with Gasteiger partial charge in [-0.15, -0.1) is 0 Å². The normalized spacial score (nSPS) is 16.6. The van der Waals surface area contributed by atoms with Gasteiger partial charge in [0, 0.05) is 0 Å². The molecule has 0 N–H and O–H groups in total. The minimum atomic E-state index is -0.297. The predicted molar refractivity (Wildman–Crippen MR) is 56.6 cm³/mol. The van der Waals surface area contributed by atoms with E-state index in [1.165, 1.54) is 0 Å². The highest BCUT2D eigenvalue weighted by molar-refractivity contribution is 5.43. The summed E-state index contributed by atoms with van der Waals surface area (Å²) in [4.78, 5) is 14.2. The fourth-order valence-corrected chi connectivity index (χ4v) is 1.71. The molecular formula is C12H13NO2. The lowest BCUT2D eigenvalue weighted by Crippen LogP contribution is -2.02. The summed E-state index contributed by atoms with van der Waals surface area (Å²) < 4.78 is 5.41. The molecular weight excluding hydrogens is 190 g/mol. The third-order valence-corrected chi connectivity index (χ3v) is 2.67. The largest absolute Gasteiger partial charge is 0.494 e. The molecule has 1 saturated carbocycles. The fourth-order valence-electron chi connectivity index (χ4n) is 1.71. The van der Waals surface area contributed by atoms with Crippen LogP contribution in [-0.4, -0.2) is 12.7 Å². The number of aliphatic imine (C=N–C) groups is 1. The van der Waals surface area contributed by atoms with Crippen LogP contribution < -0.4 is 4.74 Å². The van der Waals surface area contributed by atoms with Gasteiger partial charge in [-0.2, -0.15) is 4.99 Å². The average Bonchev–Trinajstić information content (AvgIpc) is 3.01. The Labute approximate surface area is 88.8 Å². The molecule has 0 unspecified atom stereocenters. The van der Waals surface area contributed by atoms with Crippen molar-refractivity contribution in [3.63, 3.8) is 0 Å². The Morgan fingerprint density at radius 3 is 2.93 bits per heavy atom. The summed E-state index contributed by atoms with van der Waals surface area (Å²) in [6.45, 7) is 2.59. The van der Waals surface area contributed by atoms with Crippen molar-refractivity contribution < 1.29 is 9.53 Å². The van der Waals surface area contributed by atoms with Crippen LogP contribution in [0.15, 0.2) is 29.3 Å². The van der Waals surface area contributed by atoms with Crippen molar-refractivity contribution in [2.24, 2.45) is 4.99 Å². The van der Waals surface area contributed by atoms with Crippen LogP contribution in [0.1, 0.15) is 25.3 Å². The van der Waals surface area contributed by atoms with Gasteiger partial charge in [-0.25, -0.2) is 4.79 Å². The second kappa shape index (κ2) is 3.87. The standard InChI is InChI=1S/C12H13NO2/c1-2-15-11-5-3-4-10(8-11)12(6-7-12)13-9-14/h3-5,8H,2,6-7H2,1H3. The maximum absolute atomic E-state index is 10.3. The molecule has 0 saturated heterocycles. The first kappa shape index (κ1) is 9.94. The SMILES string of the molecule is CCOc1cccc(C2(N=C=O)CC2)c1. The molecule has 15 heavy (non-hydrogen) atoms. The van der Waals surface area contributed by atoms with Gasteiger partial charge in [0.15, 0.2) is 0 Å². The van der Waals surface area contributed by atoms with Crippen LogP contribution >= 0.6 is 0 Å². The van der Waals surface area contributed by atoms with Crippen molar-refractivity contribution in [2.45, 2.75) is 25.3 Å². The van der Waals surface area contributed by atoms with E-state index in [-0.39, 0.29) is 5.54 Å². The first-order valence-corrected chi connectivity index (χ1v) is 5.13. The van der Waals surface area contributed by atoms with E-state index in [4.69, 9.17) is 4.74 Å². The van der Waals surface area contributed by atoms with Crippen LogP contribution in [0.2, 0.25) is 0 Å². The van der Waals surface area contributed by atoms with E-state index in [2.05, 4.69) is 4.99 Å². The van der Waals surface area contributed by atoms with Crippen LogP contribution in [0, 0.1) is 0 Å². The summed E-state index contributed by atoms with van der Waals surface area (Å²) in [6, 6.07) is 7.78. The van der Waals surface area contributed by atoms with Crippen molar-refractivity contribution in [1.29, 1.82) is 0 Å². The molecule has 3 heteroatoms. The summed E-state index contributed by atoms with van der Waals surface area (Å²) in [5.74, 6) is 0.836. The topological polar surface area (TPSA) is 38.7 Å². The maximum Gasteiger partial charge on any atom is 0.235 e. The van der Waals surface area contributed by atoms with Gasteiger partial charge in [-0.05, 0) is 37.5 Å². The third-order valence-electron chi connectivity index (χ3n) is 2.67. The number of ether oxygens (including phenoxy) is 1. The molecule has 1 fully saturated rings. The predicted octanol–water partition coefficient (Wildman–Crippen LogP) is 2.41. The molecule has 0 aromatic heterocycles. The summed E-state index contributed by atoms with van der Waals surface area (Å²) in [5, 5.41) is 0. The highest BCUT2D eigenvalue weighted by atomic mass is 16.5. The zero-order valence-corrected chi connectivity index (χ0v) is 8.69. The molecule has 0 radical (unpaired) electrons. The number of isocyanates is 1. The van der Waals surface area contributed by atoms with Crippen LogP contribution in [0.3, 0.4) is 0 Å². The molecule has 0 bridgehead atoms. The van der Waals surface area contributed by atoms with Crippen LogP contribution in [0.5, 0.6) is 5.75 Å². The summed E-state index contributed by atoms with van der Waals surface area (Å²) in [6.07, 6.45) is 3.51. The lowest BCUT2D eigenvalue weighted by molar-refractivity contribution is 0.339. The molecule has 2 rings (SSSR count). The second-order valence-electron chi connectivity index (χ2n) is 3.70. The number of nitrogens with zero attached hydrogens (tertiary/aromatic N) is 1. The van der Waals surface area contributed by atoms with Gasteiger partial charge in [0.25, 0.3) is 0 Å². The number of benzene rings is 1. The highest BCUT2D eigenvalue weighted by Crippen LogP contribution is 2.49. The molecule has 1 aliphatic rings. The van der Waals surface area contributed by atoms with E-state index in [9.17, 15) is 4.79 Å². The molecule has 3 nitrogen and oxygen atoms in total. The van der Waals surface area contributed by atoms with Gasteiger partial charge >= 0.3 is 0 Å². The summed E-state index contributed by atoms with van der Waals surface area (Å²) >= 11 is 0. The Morgan fingerprint density at radius 2 is 2.33 bits per heavy atom. The van der Waals surface area contributed by atoms with Gasteiger partial charge in [0.2, 0.25) is 6.08 Å². The number of hydrogen-bond donors (Lipinski definition) is 0. The number of rotatable bonds is 4. The quantitative estimate of drug-likeness (QED) is 0.556. The van der Waals surface area contributed by atoms with Crippen molar-refractivity contribution in [3.05, 3.63) is 29.8 Å². The minimum Gasteiger partial charge on any atom is -0.494 e. The van der Waals surface area contributed by atoms with E-state index in [0.29, 0.717) is 6.61 Å². The van der Waals surface area contributed by atoms with Crippen molar-refractivity contribution in [2.75, 3.05) is 6.61 Å². The Hall–Kier alpha value is -1.60. The first-order valence-electron chi connectivity index (χ1n) is 5.13. The molecule has 0 atom stereocenters. The fraction of sp³-hybridized carbons (Fsp3) is 0.417. The Balaban J connectivity index is 2.28. The van der Waals surface area contributed by atoms with Crippen LogP contribution in [0.4, 0.5) is 0 Å². The second-order valence-corrected chi connectivity index (χ2v) is 3.70. The number of hydrogen-bond acceptors (Lipinski definition) is 3.